The SMILES string of the molecule is CNC(C#CC1CC1)c1ccc(Cc2cc(F)nc(N)n2)cc1NC=O. The van der Waals surface area contributed by atoms with Crippen molar-refractivity contribution in [2.24, 2.45) is 5.92 Å². The molecule has 7 heteroatoms. The Morgan fingerprint density at radius 2 is 2.19 bits per heavy atom. The van der Waals surface area contributed by atoms with E-state index in [1.165, 1.54) is 6.07 Å². The van der Waals surface area contributed by atoms with Crippen molar-refractivity contribution >= 4 is 18.0 Å². The van der Waals surface area contributed by atoms with Crippen LogP contribution in [0.3, 0.4) is 0 Å². The Balaban J connectivity index is 1.88. The lowest BCUT2D eigenvalue weighted by Crippen LogP contribution is -2.16. The topological polar surface area (TPSA) is 92.9 Å². The van der Waals surface area contributed by atoms with Gasteiger partial charge in [-0.3, -0.25) is 4.79 Å². The second-order valence-electron chi connectivity index (χ2n) is 6.19. The predicted octanol–water partition coefficient (Wildman–Crippen LogP) is 2.03. The average molecular weight is 353 g/mol. The molecule has 0 aliphatic heterocycles. The molecule has 1 aliphatic carbocycles. The molecule has 1 heterocycles. The van der Waals surface area contributed by atoms with E-state index in [2.05, 4.69) is 32.4 Å². The van der Waals surface area contributed by atoms with Gasteiger partial charge in [-0.1, -0.05) is 24.0 Å². The van der Waals surface area contributed by atoms with Crippen molar-refractivity contribution in [3.63, 3.8) is 0 Å². The minimum Gasteiger partial charge on any atom is -0.368 e. The number of benzene rings is 1. The maximum Gasteiger partial charge on any atom is 0.222 e. The molecule has 1 saturated carbocycles. The Hall–Kier alpha value is -2.98. The van der Waals surface area contributed by atoms with Crippen LogP contribution in [-0.2, 0) is 11.2 Å². The summed E-state index contributed by atoms with van der Waals surface area (Å²) in [6.07, 6.45) is 3.31. The van der Waals surface area contributed by atoms with Crippen molar-refractivity contribution in [2.75, 3.05) is 18.1 Å². The summed E-state index contributed by atoms with van der Waals surface area (Å²) in [7, 11) is 1.83. The zero-order chi connectivity index (χ0) is 18.5. The first kappa shape index (κ1) is 17.8. The van der Waals surface area contributed by atoms with E-state index < -0.39 is 5.95 Å². The summed E-state index contributed by atoms with van der Waals surface area (Å²) in [6.45, 7) is 0. The second kappa shape index (κ2) is 7.93. The molecule has 0 spiro atoms. The van der Waals surface area contributed by atoms with Gasteiger partial charge in [0, 0.05) is 29.7 Å². The number of hydrogen-bond acceptors (Lipinski definition) is 5. The first-order valence-electron chi connectivity index (χ1n) is 8.39. The van der Waals surface area contributed by atoms with Gasteiger partial charge >= 0.3 is 0 Å². The fourth-order valence-electron chi connectivity index (χ4n) is 2.67. The van der Waals surface area contributed by atoms with E-state index in [4.69, 9.17) is 5.73 Å². The van der Waals surface area contributed by atoms with Gasteiger partial charge in [0.05, 0.1) is 11.7 Å². The molecule has 26 heavy (non-hydrogen) atoms. The summed E-state index contributed by atoms with van der Waals surface area (Å²) in [4.78, 5) is 18.5. The first-order chi connectivity index (χ1) is 12.6. The van der Waals surface area contributed by atoms with Crippen LogP contribution in [0.25, 0.3) is 0 Å². The van der Waals surface area contributed by atoms with Crippen molar-refractivity contribution in [3.8, 4) is 11.8 Å². The number of carbonyl (C=O) groups is 1. The van der Waals surface area contributed by atoms with Crippen molar-refractivity contribution in [1.82, 2.24) is 15.3 Å². The second-order valence-corrected chi connectivity index (χ2v) is 6.19. The largest absolute Gasteiger partial charge is 0.368 e. The molecule has 1 atom stereocenters. The van der Waals surface area contributed by atoms with E-state index in [1.807, 2.05) is 25.2 Å². The molecule has 3 rings (SSSR count). The fourth-order valence-corrected chi connectivity index (χ4v) is 2.67. The summed E-state index contributed by atoms with van der Waals surface area (Å²) in [5.74, 6) is 6.19. The lowest BCUT2D eigenvalue weighted by Gasteiger charge is -2.16. The zero-order valence-corrected chi connectivity index (χ0v) is 14.4. The predicted molar refractivity (Wildman–Crippen MR) is 97.6 cm³/mol. The molecule has 1 aliphatic rings. The normalized spacial score (nSPS) is 14.2. The number of nitrogen functional groups attached to an aromatic ring is 1. The third-order valence-corrected chi connectivity index (χ3v) is 4.09. The van der Waals surface area contributed by atoms with Crippen molar-refractivity contribution in [1.29, 1.82) is 0 Å². The molecule has 1 fully saturated rings. The summed E-state index contributed by atoms with van der Waals surface area (Å²) < 4.78 is 13.4. The lowest BCUT2D eigenvalue weighted by molar-refractivity contribution is -0.105. The van der Waals surface area contributed by atoms with Gasteiger partial charge in [0.1, 0.15) is 0 Å². The quantitative estimate of drug-likeness (QED) is 0.420. The van der Waals surface area contributed by atoms with Crippen LogP contribution in [0.5, 0.6) is 0 Å². The van der Waals surface area contributed by atoms with Gasteiger partial charge in [-0.2, -0.15) is 9.37 Å². The summed E-state index contributed by atoms with van der Waals surface area (Å²) in [5.41, 5.74) is 8.36. The number of carbonyl (C=O) groups excluding carboxylic acids is 1. The third kappa shape index (κ3) is 4.55. The molecule has 1 unspecified atom stereocenters. The minimum absolute atomic E-state index is 0.103. The Morgan fingerprint density at radius 1 is 1.38 bits per heavy atom. The van der Waals surface area contributed by atoms with Gasteiger partial charge < -0.3 is 16.4 Å². The highest BCUT2D eigenvalue weighted by Crippen LogP contribution is 2.29. The van der Waals surface area contributed by atoms with Crippen molar-refractivity contribution < 1.29 is 9.18 Å². The highest BCUT2D eigenvalue weighted by molar-refractivity contribution is 5.74. The molecule has 1 amide bonds. The molecule has 4 N–H and O–H groups in total. The molecule has 1 aromatic heterocycles. The number of nitrogens with one attached hydrogen (secondary N) is 2. The number of rotatable bonds is 6. The van der Waals surface area contributed by atoms with Gasteiger partial charge in [-0.15, -0.1) is 0 Å². The molecule has 0 bridgehead atoms. The van der Waals surface area contributed by atoms with Crippen LogP contribution in [0.15, 0.2) is 24.3 Å². The highest BCUT2D eigenvalue weighted by atomic mass is 19.1. The molecule has 0 radical (unpaired) electrons. The number of amides is 1. The van der Waals surface area contributed by atoms with Crippen LogP contribution in [0.1, 0.15) is 35.7 Å². The maximum atomic E-state index is 13.4. The van der Waals surface area contributed by atoms with E-state index >= 15 is 0 Å². The third-order valence-electron chi connectivity index (χ3n) is 4.09. The average Bonchev–Trinajstić information content (AvgIpc) is 3.40. The standard InChI is InChI=1S/C19H20FN5O/c1-22-16(7-5-12-2-3-12)15-6-4-13(9-17(15)23-11-26)8-14-10-18(20)25-19(21)24-14/h4,6,9-12,16,22H,2-3,8H2,1H3,(H,23,26)(H2,21,24,25). The number of aromatic nitrogens is 2. The number of nitrogens with two attached hydrogens (primary N) is 1. The molecule has 1 aromatic carbocycles. The van der Waals surface area contributed by atoms with Crippen LogP contribution in [0.4, 0.5) is 16.0 Å². The van der Waals surface area contributed by atoms with Crippen LogP contribution in [-0.4, -0.2) is 23.4 Å². The lowest BCUT2D eigenvalue weighted by atomic mass is 10.00. The van der Waals surface area contributed by atoms with Gasteiger partial charge in [-0.25, -0.2) is 4.98 Å². The molecule has 2 aromatic rings. The van der Waals surface area contributed by atoms with Gasteiger partial charge in [0.2, 0.25) is 18.3 Å². The number of anilines is 2. The molecule has 0 saturated heterocycles. The summed E-state index contributed by atoms with van der Waals surface area (Å²) in [5, 5.41) is 5.89. The number of nitrogens with zero attached hydrogens (tertiary/aromatic N) is 2. The van der Waals surface area contributed by atoms with Crippen molar-refractivity contribution in [2.45, 2.75) is 25.3 Å². The Kier molecular flexibility index (Phi) is 5.44. The van der Waals surface area contributed by atoms with E-state index in [-0.39, 0.29) is 12.0 Å². The molecule has 6 nitrogen and oxygen atoms in total. The van der Waals surface area contributed by atoms with E-state index in [9.17, 15) is 9.18 Å². The Labute approximate surface area is 151 Å². The van der Waals surface area contributed by atoms with E-state index in [1.54, 1.807) is 0 Å². The number of halogens is 1. The van der Waals surface area contributed by atoms with Crippen LogP contribution >= 0.6 is 0 Å². The maximum absolute atomic E-state index is 13.4. The first-order valence-corrected chi connectivity index (χ1v) is 8.39. The zero-order valence-electron chi connectivity index (χ0n) is 14.4. The highest BCUT2D eigenvalue weighted by Gasteiger charge is 2.19. The Bertz CT molecular complexity index is 850. The molecule has 134 valence electrons. The fraction of sp³-hybridized carbons (Fsp3) is 0.316. The number of hydrogen-bond donors (Lipinski definition) is 3. The molecular formula is C19H20FN5O. The van der Waals surface area contributed by atoms with Gasteiger partial charge in [-0.05, 0) is 31.5 Å². The monoisotopic (exact) mass is 353 g/mol. The minimum atomic E-state index is -0.666. The van der Waals surface area contributed by atoms with Crippen LogP contribution in [0, 0.1) is 23.7 Å². The summed E-state index contributed by atoms with van der Waals surface area (Å²) in [6, 6.07) is 6.71. The Morgan fingerprint density at radius 3 is 2.85 bits per heavy atom. The van der Waals surface area contributed by atoms with Crippen molar-refractivity contribution in [3.05, 3.63) is 47.0 Å². The van der Waals surface area contributed by atoms with Crippen LogP contribution < -0.4 is 16.4 Å². The van der Waals surface area contributed by atoms with Gasteiger partial charge in [0.15, 0.2) is 0 Å². The summed E-state index contributed by atoms with van der Waals surface area (Å²) >= 11 is 0. The van der Waals surface area contributed by atoms with Gasteiger partial charge in [0.25, 0.3) is 0 Å². The smallest absolute Gasteiger partial charge is 0.222 e. The molecular weight excluding hydrogens is 333 g/mol. The van der Waals surface area contributed by atoms with E-state index in [0.29, 0.717) is 30.1 Å². The van der Waals surface area contributed by atoms with Crippen LogP contribution in [0.2, 0.25) is 0 Å². The van der Waals surface area contributed by atoms with E-state index in [0.717, 1.165) is 24.0 Å².